The monoisotopic (exact) mass is 299 g/mol. The van der Waals surface area contributed by atoms with Crippen LogP contribution in [0.1, 0.15) is 31.0 Å². The number of hydrogen-bond donors (Lipinski definition) is 1. The molecule has 22 heavy (non-hydrogen) atoms. The fourth-order valence-electron chi connectivity index (χ4n) is 3.25. The van der Waals surface area contributed by atoms with Crippen molar-refractivity contribution in [1.29, 1.82) is 0 Å². The minimum absolute atomic E-state index is 0.122. The van der Waals surface area contributed by atoms with Crippen molar-refractivity contribution >= 4 is 16.8 Å². The number of carbonyl (C=O) groups is 1. The summed E-state index contributed by atoms with van der Waals surface area (Å²) in [6.07, 6.45) is 3.50. The quantitative estimate of drug-likeness (QED) is 0.922. The zero-order chi connectivity index (χ0) is 15.5. The summed E-state index contributed by atoms with van der Waals surface area (Å²) < 4.78 is 0. The van der Waals surface area contributed by atoms with E-state index >= 15 is 0 Å². The van der Waals surface area contributed by atoms with Gasteiger partial charge in [-0.15, -0.1) is 0 Å². The Morgan fingerprint density at radius 2 is 2.00 bits per heavy atom. The summed E-state index contributed by atoms with van der Waals surface area (Å²) in [5.41, 5.74) is 3.90. The Labute approximate surface area is 132 Å². The third kappa shape index (κ3) is 3.17. The number of likely N-dealkylation sites (tertiary alicyclic amines) is 1. The molecule has 0 bridgehead atoms. The van der Waals surface area contributed by atoms with Crippen molar-refractivity contribution in [2.75, 3.05) is 26.7 Å². The summed E-state index contributed by atoms with van der Waals surface area (Å²) in [6, 6.07) is 8.52. The van der Waals surface area contributed by atoms with E-state index in [2.05, 4.69) is 34.1 Å². The molecule has 4 nitrogen and oxygen atoms in total. The van der Waals surface area contributed by atoms with Gasteiger partial charge in [-0.05, 0) is 37.6 Å². The van der Waals surface area contributed by atoms with E-state index in [0.717, 1.165) is 19.5 Å². The van der Waals surface area contributed by atoms with E-state index < -0.39 is 0 Å². The van der Waals surface area contributed by atoms with Crippen molar-refractivity contribution in [3.05, 3.63) is 35.5 Å². The van der Waals surface area contributed by atoms with E-state index in [1.165, 1.54) is 48.1 Å². The van der Waals surface area contributed by atoms with Crippen LogP contribution in [0.15, 0.2) is 24.3 Å². The summed E-state index contributed by atoms with van der Waals surface area (Å²) in [5.74, 6) is 0.122. The second kappa shape index (κ2) is 6.53. The number of carbonyl (C=O) groups excluding carboxylic acids is 1. The third-order valence-electron chi connectivity index (χ3n) is 4.72. The highest BCUT2D eigenvalue weighted by atomic mass is 16.2. The number of fused-ring (bicyclic) bond motifs is 1. The lowest BCUT2D eigenvalue weighted by Gasteiger charge is -2.17. The van der Waals surface area contributed by atoms with Crippen molar-refractivity contribution in [3.8, 4) is 0 Å². The summed E-state index contributed by atoms with van der Waals surface area (Å²) in [6.45, 7) is 5.80. The number of nitrogens with zero attached hydrogens (tertiary/aromatic N) is 2. The maximum atomic E-state index is 11.4. The first-order valence-corrected chi connectivity index (χ1v) is 8.17. The molecule has 0 spiro atoms. The molecule has 1 aromatic carbocycles. The zero-order valence-corrected chi connectivity index (χ0v) is 13.6. The molecule has 3 rings (SSSR count). The molecular weight excluding hydrogens is 274 g/mol. The van der Waals surface area contributed by atoms with Crippen LogP contribution in [-0.2, 0) is 17.8 Å². The molecule has 0 atom stereocenters. The molecule has 1 aromatic heterocycles. The van der Waals surface area contributed by atoms with Crippen molar-refractivity contribution in [1.82, 2.24) is 14.8 Å². The average Bonchev–Trinajstić information content (AvgIpc) is 3.13. The van der Waals surface area contributed by atoms with Crippen molar-refractivity contribution in [3.63, 3.8) is 0 Å². The second-order valence-corrected chi connectivity index (χ2v) is 6.30. The van der Waals surface area contributed by atoms with Crippen LogP contribution in [0.4, 0.5) is 0 Å². The van der Waals surface area contributed by atoms with Crippen LogP contribution >= 0.6 is 0 Å². The lowest BCUT2D eigenvalue weighted by molar-refractivity contribution is -0.127. The lowest BCUT2D eigenvalue weighted by Crippen LogP contribution is -2.26. The SMILES string of the molecule is CC(=O)N(C)CCc1[nH]c2ccccc2c1CN1CCCC1. The molecule has 4 heteroatoms. The van der Waals surface area contributed by atoms with Gasteiger partial charge in [-0.1, -0.05) is 18.2 Å². The summed E-state index contributed by atoms with van der Waals surface area (Å²) >= 11 is 0. The molecular formula is C18H25N3O. The Morgan fingerprint density at radius 1 is 1.27 bits per heavy atom. The molecule has 1 aliphatic rings. The smallest absolute Gasteiger partial charge is 0.219 e. The lowest BCUT2D eigenvalue weighted by atomic mass is 10.1. The topological polar surface area (TPSA) is 39.3 Å². The van der Waals surface area contributed by atoms with Gasteiger partial charge in [-0.2, -0.15) is 0 Å². The number of para-hydroxylation sites is 1. The number of nitrogens with one attached hydrogen (secondary N) is 1. The number of H-pyrrole nitrogens is 1. The first kappa shape index (κ1) is 15.1. The molecule has 1 amide bonds. The van der Waals surface area contributed by atoms with E-state index in [0.29, 0.717) is 0 Å². The predicted molar refractivity (Wildman–Crippen MR) is 89.8 cm³/mol. The van der Waals surface area contributed by atoms with Crippen LogP contribution in [-0.4, -0.2) is 47.4 Å². The highest BCUT2D eigenvalue weighted by Gasteiger charge is 2.18. The predicted octanol–water partition coefficient (Wildman–Crippen LogP) is 2.78. The number of benzene rings is 1. The number of aromatic amines is 1. The van der Waals surface area contributed by atoms with Crippen molar-refractivity contribution in [2.45, 2.75) is 32.7 Å². The molecule has 1 saturated heterocycles. The Morgan fingerprint density at radius 3 is 2.73 bits per heavy atom. The van der Waals surface area contributed by atoms with Crippen LogP contribution in [0.3, 0.4) is 0 Å². The van der Waals surface area contributed by atoms with E-state index in [-0.39, 0.29) is 5.91 Å². The molecule has 0 aliphatic carbocycles. The van der Waals surface area contributed by atoms with Gasteiger partial charge in [-0.25, -0.2) is 0 Å². The van der Waals surface area contributed by atoms with Gasteiger partial charge < -0.3 is 9.88 Å². The normalized spacial score (nSPS) is 15.5. The molecule has 1 fully saturated rings. The Balaban J connectivity index is 1.85. The maximum Gasteiger partial charge on any atom is 0.219 e. The van der Waals surface area contributed by atoms with E-state index in [4.69, 9.17) is 0 Å². The van der Waals surface area contributed by atoms with Gasteiger partial charge in [0.25, 0.3) is 0 Å². The number of hydrogen-bond acceptors (Lipinski definition) is 2. The maximum absolute atomic E-state index is 11.4. The molecule has 1 N–H and O–H groups in total. The number of aromatic nitrogens is 1. The Hall–Kier alpha value is -1.81. The molecule has 1 aliphatic heterocycles. The zero-order valence-electron chi connectivity index (χ0n) is 13.6. The number of rotatable bonds is 5. The molecule has 2 aromatic rings. The van der Waals surface area contributed by atoms with E-state index in [1.54, 1.807) is 11.8 Å². The van der Waals surface area contributed by atoms with E-state index in [1.807, 2.05) is 7.05 Å². The van der Waals surface area contributed by atoms with Crippen LogP contribution in [0, 0.1) is 0 Å². The number of amides is 1. The van der Waals surface area contributed by atoms with Gasteiger partial charge in [0.2, 0.25) is 5.91 Å². The fraction of sp³-hybridized carbons (Fsp3) is 0.500. The molecule has 2 heterocycles. The summed E-state index contributed by atoms with van der Waals surface area (Å²) in [5, 5.41) is 1.33. The molecule has 118 valence electrons. The van der Waals surface area contributed by atoms with Gasteiger partial charge in [0.05, 0.1) is 0 Å². The number of likely N-dealkylation sites (N-methyl/N-ethyl adjacent to an activating group) is 1. The molecule has 0 saturated carbocycles. The molecule has 0 unspecified atom stereocenters. The first-order chi connectivity index (χ1) is 10.6. The minimum Gasteiger partial charge on any atom is -0.358 e. The van der Waals surface area contributed by atoms with Crippen LogP contribution in [0.2, 0.25) is 0 Å². The van der Waals surface area contributed by atoms with Gasteiger partial charge in [0.15, 0.2) is 0 Å². The van der Waals surface area contributed by atoms with Gasteiger partial charge in [0, 0.05) is 50.1 Å². The van der Waals surface area contributed by atoms with Crippen molar-refractivity contribution < 1.29 is 4.79 Å². The van der Waals surface area contributed by atoms with E-state index in [9.17, 15) is 4.79 Å². The van der Waals surface area contributed by atoms with Gasteiger partial charge >= 0.3 is 0 Å². The largest absolute Gasteiger partial charge is 0.358 e. The first-order valence-electron chi connectivity index (χ1n) is 8.17. The Kier molecular flexibility index (Phi) is 4.48. The van der Waals surface area contributed by atoms with Gasteiger partial charge in [-0.3, -0.25) is 9.69 Å². The van der Waals surface area contributed by atoms with Crippen LogP contribution < -0.4 is 0 Å². The van der Waals surface area contributed by atoms with Crippen LogP contribution in [0.25, 0.3) is 10.9 Å². The van der Waals surface area contributed by atoms with Crippen LogP contribution in [0.5, 0.6) is 0 Å². The third-order valence-corrected chi connectivity index (χ3v) is 4.72. The molecule has 0 radical (unpaired) electrons. The second-order valence-electron chi connectivity index (χ2n) is 6.30. The van der Waals surface area contributed by atoms with Gasteiger partial charge in [0.1, 0.15) is 0 Å². The highest BCUT2D eigenvalue weighted by molar-refractivity contribution is 5.84. The average molecular weight is 299 g/mol. The minimum atomic E-state index is 0.122. The summed E-state index contributed by atoms with van der Waals surface area (Å²) in [4.78, 5) is 19.3. The summed E-state index contributed by atoms with van der Waals surface area (Å²) in [7, 11) is 1.87. The highest BCUT2D eigenvalue weighted by Crippen LogP contribution is 2.25. The Bertz CT molecular complexity index is 655. The van der Waals surface area contributed by atoms with Crippen molar-refractivity contribution in [2.24, 2.45) is 0 Å². The fourth-order valence-corrected chi connectivity index (χ4v) is 3.25. The standard InChI is InChI=1S/C18H25N3O/c1-14(22)20(2)12-9-18-16(13-21-10-5-6-11-21)15-7-3-4-8-17(15)19-18/h3-4,7-8,19H,5-6,9-13H2,1-2H3.